The van der Waals surface area contributed by atoms with Crippen LogP contribution < -0.4 is 10.6 Å². The van der Waals surface area contributed by atoms with E-state index in [1.54, 1.807) is 18.2 Å². The molecule has 0 aromatic heterocycles. The van der Waals surface area contributed by atoms with E-state index in [1.807, 2.05) is 25.1 Å². The molecule has 2 aromatic rings. The van der Waals surface area contributed by atoms with Gasteiger partial charge in [-0.05, 0) is 24.6 Å². The SMILES string of the molecule is Cc1ccc([N+](=O)[O-])cc1NCC(=O)Nc1ccccc1. The Bertz CT molecular complexity index is 656. The highest BCUT2D eigenvalue weighted by atomic mass is 16.6. The summed E-state index contributed by atoms with van der Waals surface area (Å²) in [6, 6.07) is 13.6. The third kappa shape index (κ3) is 4.04. The molecule has 108 valence electrons. The number of non-ortho nitro benzene ring substituents is 1. The molecular weight excluding hydrogens is 270 g/mol. The Labute approximate surface area is 121 Å². The van der Waals surface area contributed by atoms with Crippen molar-refractivity contribution in [3.63, 3.8) is 0 Å². The second kappa shape index (κ2) is 6.51. The molecule has 1 amide bonds. The summed E-state index contributed by atoms with van der Waals surface area (Å²) in [5.41, 5.74) is 2.12. The molecule has 0 fully saturated rings. The molecule has 0 aliphatic heterocycles. The Hall–Kier alpha value is -2.89. The second-order valence-electron chi connectivity index (χ2n) is 4.52. The fraction of sp³-hybridized carbons (Fsp3) is 0.133. The van der Waals surface area contributed by atoms with Crippen LogP contribution in [0, 0.1) is 17.0 Å². The summed E-state index contributed by atoms with van der Waals surface area (Å²) in [4.78, 5) is 22.1. The lowest BCUT2D eigenvalue weighted by molar-refractivity contribution is -0.384. The highest BCUT2D eigenvalue weighted by Crippen LogP contribution is 2.21. The minimum Gasteiger partial charge on any atom is -0.376 e. The fourth-order valence-corrected chi connectivity index (χ4v) is 1.82. The van der Waals surface area contributed by atoms with E-state index < -0.39 is 4.92 Å². The molecule has 6 heteroatoms. The average molecular weight is 285 g/mol. The van der Waals surface area contributed by atoms with Crippen LogP contribution in [0.4, 0.5) is 17.1 Å². The van der Waals surface area contributed by atoms with E-state index in [0.717, 1.165) is 5.56 Å². The zero-order valence-corrected chi connectivity index (χ0v) is 11.5. The molecule has 0 aliphatic carbocycles. The van der Waals surface area contributed by atoms with Gasteiger partial charge < -0.3 is 10.6 Å². The Morgan fingerprint density at radius 3 is 2.57 bits per heavy atom. The van der Waals surface area contributed by atoms with Gasteiger partial charge in [-0.2, -0.15) is 0 Å². The smallest absolute Gasteiger partial charge is 0.271 e. The molecule has 0 unspecified atom stereocenters. The van der Waals surface area contributed by atoms with Crippen LogP contribution in [0.1, 0.15) is 5.56 Å². The van der Waals surface area contributed by atoms with Gasteiger partial charge in [-0.3, -0.25) is 14.9 Å². The molecule has 0 bridgehead atoms. The number of hydrogen-bond acceptors (Lipinski definition) is 4. The molecule has 21 heavy (non-hydrogen) atoms. The van der Waals surface area contributed by atoms with Crippen LogP contribution in [-0.2, 0) is 4.79 Å². The molecule has 0 aliphatic rings. The minimum atomic E-state index is -0.464. The van der Waals surface area contributed by atoms with Gasteiger partial charge in [0.25, 0.3) is 5.69 Å². The van der Waals surface area contributed by atoms with Crippen molar-refractivity contribution in [2.75, 3.05) is 17.2 Å². The molecule has 0 heterocycles. The molecule has 2 aromatic carbocycles. The van der Waals surface area contributed by atoms with Gasteiger partial charge in [-0.1, -0.05) is 24.3 Å². The molecule has 0 atom stereocenters. The number of aryl methyl sites for hydroxylation is 1. The number of para-hydroxylation sites is 1. The number of nitro benzene ring substituents is 1. The van der Waals surface area contributed by atoms with E-state index in [1.165, 1.54) is 12.1 Å². The highest BCUT2D eigenvalue weighted by molar-refractivity contribution is 5.93. The molecule has 6 nitrogen and oxygen atoms in total. The van der Waals surface area contributed by atoms with Crippen LogP contribution in [0.3, 0.4) is 0 Å². The molecule has 2 N–H and O–H groups in total. The maximum absolute atomic E-state index is 11.8. The number of benzene rings is 2. The lowest BCUT2D eigenvalue weighted by Crippen LogP contribution is -2.22. The first kappa shape index (κ1) is 14.5. The minimum absolute atomic E-state index is 0.00781. The number of nitrogens with zero attached hydrogens (tertiary/aromatic N) is 1. The molecule has 0 saturated carbocycles. The van der Waals surface area contributed by atoms with Crippen LogP contribution >= 0.6 is 0 Å². The topological polar surface area (TPSA) is 84.3 Å². The normalized spacial score (nSPS) is 9.95. The first-order valence-corrected chi connectivity index (χ1v) is 6.40. The van der Waals surface area contributed by atoms with Gasteiger partial charge in [0.05, 0.1) is 11.5 Å². The van der Waals surface area contributed by atoms with E-state index in [2.05, 4.69) is 10.6 Å². The van der Waals surface area contributed by atoms with Crippen LogP contribution in [0.25, 0.3) is 0 Å². The molecule has 0 spiro atoms. The summed E-state index contributed by atoms with van der Waals surface area (Å²) < 4.78 is 0. The van der Waals surface area contributed by atoms with Crippen molar-refractivity contribution >= 4 is 23.0 Å². The van der Waals surface area contributed by atoms with Gasteiger partial charge in [0, 0.05) is 23.5 Å². The van der Waals surface area contributed by atoms with Crippen molar-refractivity contribution in [1.82, 2.24) is 0 Å². The van der Waals surface area contributed by atoms with E-state index in [9.17, 15) is 14.9 Å². The second-order valence-corrected chi connectivity index (χ2v) is 4.52. The summed E-state index contributed by atoms with van der Waals surface area (Å²) in [5, 5.41) is 16.4. The fourth-order valence-electron chi connectivity index (χ4n) is 1.82. The predicted molar refractivity (Wildman–Crippen MR) is 81.4 cm³/mol. The molecule has 0 saturated heterocycles. The largest absolute Gasteiger partial charge is 0.376 e. The van der Waals surface area contributed by atoms with Gasteiger partial charge in [0.15, 0.2) is 0 Å². The van der Waals surface area contributed by atoms with E-state index in [-0.39, 0.29) is 18.1 Å². The van der Waals surface area contributed by atoms with E-state index in [0.29, 0.717) is 11.4 Å². The first-order valence-electron chi connectivity index (χ1n) is 6.40. The van der Waals surface area contributed by atoms with Gasteiger partial charge in [-0.25, -0.2) is 0 Å². The predicted octanol–water partition coefficient (Wildman–Crippen LogP) is 2.95. The zero-order chi connectivity index (χ0) is 15.2. The monoisotopic (exact) mass is 285 g/mol. The summed E-state index contributed by atoms with van der Waals surface area (Å²) >= 11 is 0. The van der Waals surface area contributed by atoms with Crippen LogP contribution in [0.2, 0.25) is 0 Å². The van der Waals surface area contributed by atoms with Crippen molar-refractivity contribution in [3.8, 4) is 0 Å². The maximum Gasteiger partial charge on any atom is 0.271 e. The Morgan fingerprint density at radius 1 is 1.19 bits per heavy atom. The van der Waals surface area contributed by atoms with E-state index in [4.69, 9.17) is 0 Å². The quantitative estimate of drug-likeness (QED) is 0.653. The summed E-state index contributed by atoms with van der Waals surface area (Å²) in [6.45, 7) is 1.86. The first-order chi connectivity index (χ1) is 10.1. The van der Waals surface area contributed by atoms with Crippen molar-refractivity contribution in [2.45, 2.75) is 6.92 Å². The number of hydrogen-bond donors (Lipinski definition) is 2. The average Bonchev–Trinajstić information content (AvgIpc) is 2.47. The number of carbonyl (C=O) groups excluding carboxylic acids is 1. The Morgan fingerprint density at radius 2 is 1.90 bits per heavy atom. The third-order valence-electron chi connectivity index (χ3n) is 2.93. The van der Waals surface area contributed by atoms with Gasteiger partial charge in [0.1, 0.15) is 0 Å². The van der Waals surface area contributed by atoms with Crippen LogP contribution in [0.15, 0.2) is 48.5 Å². The Kier molecular flexibility index (Phi) is 4.50. The number of carbonyl (C=O) groups is 1. The highest BCUT2D eigenvalue weighted by Gasteiger charge is 2.09. The number of nitro groups is 1. The number of rotatable bonds is 5. The zero-order valence-electron chi connectivity index (χ0n) is 11.5. The lowest BCUT2D eigenvalue weighted by Gasteiger charge is -2.10. The number of anilines is 2. The number of amides is 1. The van der Waals surface area contributed by atoms with Gasteiger partial charge >= 0.3 is 0 Å². The maximum atomic E-state index is 11.8. The van der Waals surface area contributed by atoms with Crippen molar-refractivity contribution in [3.05, 3.63) is 64.2 Å². The molecule has 0 radical (unpaired) electrons. The van der Waals surface area contributed by atoms with E-state index >= 15 is 0 Å². The van der Waals surface area contributed by atoms with Crippen molar-refractivity contribution in [1.29, 1.82) is 0 Å². The standard InChI is InChI=1S/C15H15N3O3/c1-11-7-8-13(18(20)21)9-14(11)16-10-15(19)17-12-5-3-2-4-6-12/h2-9,16H,10H2,1H3,(H,17,19). The Balaban J connectivity index is 1.98. The third-order valence-corrected chi connectivity index (χ3v) is 2.93. The summed E-state index contributed by atoms with van der Waals surface area (Å²) in [7, 11) is 0. The number of nitrogens with one attached hydrogen (secondary N) is 2. The van der Waals surface area contributed by atoms with Crippen LogP contribution in [0.5, 0.6) is 0 Å². The van der Waals surface area contributed by atoms with Gasteiger partial charge in [0.2, 0.25) is 5.91 Å². The van der Waals surface area contributed by atoms with Gasteiger partial charge in [-0.15, -0.1) is 0 Å². The summed E-state index contributed by atoms with van der Waals surface area (Å²) in [5.74, 6) is -0.216. The van der Waals surface area contributed by atoms with Crippen molar-refractivity contribution < 1.29 is 9.72 Å². The van der Waals surface area contributed by atoms with Crippen molar-refractivity contribution in [2.24, 2.45) is 0 Å². The molecular formula is C15H15N3O3. The summed E-state index contributed by atoms with van der Waals surface area (Å²) in [6.07, 6.45) is 0. The molecule has 2 rings (SSSR count). The van der Waals surface area contributed by atoms with Crippen LogP contribution in [-0.4, -0.2) is 17.4 Å². The lowest BCUT2D eigenvalue weighted by atomic mass is 10.2.